The molecule has 2 amide bonds. The van der Waals surface area contributed by atoms with Gasteiger partial charge in [-0.1, -0.05) is 6.08 Å². The Kier molecular flexibility index (Phi) is 6.35. The first-order valence-electron chi connectivity index (χ1n) is 6.56. The Labute approximate surface area is 113 Å². The van der Waals surface area contributed by atoms with E-state index in [1.807, 2.05) is 6.92 Å². The number of likely N-dealkylation sites (tertiary alicyclic amines) is 1. The summed E-state index contributed by atoms with van der Waals surface area (Å²) < 4.78 is 5.24. The van der Waals surface area contributed by atoms with E-state index >= 15 is 0 Å². The number of urea groups is 1. The van der Waals surface area contributed by atoms with Crippen molar-refractivity contribution in [1.82, 2.24) is 9.80 Å². The Morgan fingerprint density at radius 1 is 1.47 bits per heavy atom. The number of carboxylic acids is 1. The standard InChI is InChI=1S/C13H22N2O4/c1-3-7-14(4-2)13(18)15-8-5-11(6-9-15)19-10-12(16)17/h3,11H,1,4-10H2,2H3,(H,16,17). The third kappa shape index (κ3) is 4.90. The van der Waals surface area contributed by atoms with Gasteiger partial charge in [0.05, 0.1) is 6.10 Å². The fraction of sp³-hybridized carbons (Fsp3) is 0.692. The monoisotopic (exact) mass is 270 g/mol. The molecule has 0 bridgehead atoms. The van der Waals surface area contributed by atoms with Crippen LogP contribution in [0, 0.1) is 0 Å². The van der Waals surface area contributed by atoms with Crippen molar-refractivity contribution >= 4 is 12.0 Å². The van der Waals surface area contributed by atoms with Crippen LogP contribution in [0.2, 0.25) is 0 Å². The van der Waals surface area contributed by atoms with Crippen molar-refractivity contribution in [2.75, 3.05) is 32.8 Å². The van der Waals surface area contributed by atoms with Crippen molar-refractivity contribution in [2.45, 2.75) is 25.9 Å². The first kappa shape index (κ1) is 15.5. The molecule has 0 aliphatic carbocycles. The van der Waals surface area contributed by atoms with Crippen LogP contribution in [-0.2, 0) is 9.53 Å². The van der Waals surface area contributed by atoms with Gasteiger partial charge in [-0.3, -0.25) is 0 Å². The minimum absolute atomic E-state index is 0.0130. The lowest BCUT2D eigenvalue weighted by atomic mass is 10.1. The van der Waals surface area contributed by atoms with Gasteiger partial charge >= 0.3 is 12.0 Å². The van der Waals surface area contributed by atoms with Crippen LogP contribution < -0.4 is 0 Å². The molecule has 6 nitrogen and oxygen atoms in total. The van der Waals surface area contributed by atoms with E-state index in [9.17, 15) is 9.59 Å². The number of nitrogens with zero attached hydrogens (tertiary/aromatic N) is 2. The number of carbonyl (C=O) groups excluding carboxylic acids is 1. The third-order valence-corrected chi connectivity index (χ3v) is 3.16. The molecule has 0 unspecified atom stereocenters. The van der Waals surface area contributed by atoms with Crippen molar-refractivity contribution in [3.8, 4) is 0 Å². The van der Waals surface area contributed by atoms with E-state index < -0.39 is 5.97 Å². The number of aliphatic carboxylic acids is 1. The highest BCUT2D eigenvalue weighted by Gasteiger charge is 2.25. The molecule has 1 saturated heterocycles. The number of carboxylic acid groups (broad SMARTS) is 1. The van der Waals surface area contributed by atoms with E-state index in [1.54, 1.807) is 15.9 Å². The normalized spacial score (nSPS) is 16.2. The Hall–Kier alpha value is -1.56. The van der Waals surface area contributed by atoms with Crippen molar-refractivity contribution in [2.24, 2.45) is 0 Å². The van der Waals surface area contributed by atoms with Gasteiger partial charge < -0.3 is 19.6 Å². The predicted octanol–water partition coefficient (Wildman–Crippen LogP) is 1.18. The molecule has 0 atom stereocenters. The molecular weight excluding hydrogens is 248 g/mol. The van der Waals surface area contributed by atoms with Crippen LogP contribution in [0.3, 0.4) is 0 Å². The molecule has 19 heavy (non-hydrogen) atoms. The first-order valence-corrected chi connectivity index (χ1v) is 6.56. The van der Waals surface area contributed by atoms with Gasteiger partial charge in [-0.25, -0.2) is 9.59 Å². The maximum absolute atomic E-state index is 12.2. The summed E-state index contributed by atoms with van der Waals surface area (Å²) in [5.74, 6) is -0.957. The van der Waals surface area contributed by atoms with E-state index in [-0.39, 0.29) is 18.7 Å². The third-order valence-electron chi connectivity index (χ3n) is 3.16. The van der Waals surface area contributed by atoms with Crippen molar-refractivity contribution in [1.29, 1.82) is 0 Å². The second-order valence-corrected chi connectivity index (χ2v) is 4.50. The number of likely N-dealkylation sites (N-methyl/N-ethyl adjacent to an activating group) is 1. The second-order valence-electron chi connectivity index (χ2n) is 4.50. The Balaban J connectivity index is 2.38. The number of hydrogen-bond donors (Lipinski definition) is 1. The van der Waals surface area contributed by atoms with Gasteiger partial charge in [-0.05, 0) is 19.8 Å². The minimum atomic E-state index is -0.957. The van der Waals surface area contributed by atoms with E-state index in [1.165, 1.54) is 0 Å². The fourth-order valence-corrected chi connectivity index (χ4v) is 2.10. The Morgan fingerprint density at radius 2 is 2.11 bits per heavy atom. The maximum Gasteiger partial charge on any atom is 0.329 e. The van der Waals surface area contributed by atoms with Crippen LogP contribution in [0.5, 0.6) is 0 Å². The number of piperidine rings is 1. The zero-order valence-corrected chi connectivity index (χ0v) is 11.4. The van der Waals surface area contributed by atoms with Crippen LogP contribution in [0.15, 0.2) is 12.7 Å². The van der Waals surface area contributed by atoms with Gasteiger partial charge in [0.25, 0.3) is 0 Å². The summed E-state index contributed by atoms with van der Waals surface area (Å²) >= 11 is 0. The summed E-state index contributed by atoms with van der Waals surface area (Å²) in [4.78, 5) is 26.1. The molecule has 0 aromatic carbocycles. The summed E-state index contributed by atoms with van der Waals surface area (Å²) in [5, 5.41) is 8.54. The van der Waals surface area contributed by atoms with Gasteiger partial charge in [0.15, 0.2) is 0 Å². The van der Waals surface area contributed by atoms with Crippen LogP contribution in [0.4, 0.5) is 4.79 Å². The highest BCUT2D eigenvalue weighted by Crippen LogP contribution is 2.15. The molecule has 108 valence electrons. The first-order chi connectivity index (χ1) is 9.08. The number of ether oxygens (including phenoxy) is 1. The topological polar surface area (TPSA) is 70.1 Å². The van der Waals surface area contributed by atoms with Crippen LogP contribution in [0.25, 0.3) is 0 Å². The lowest BCUT2D eigenvalue weighted by molar-refractivity contribution is -0.145. The number of amides is 2. The molecule has 0 aromatic heterocycles. The zero-order chi connectivity index (χ0) is 14.3. The largest absolute Gasteiger partial charge is 0.480 e. The van der Waals surface area contributed by atoms with Crippen molar-refractivity contribution in [3.05, 3.63) is 12.7 Å². The van der Waals surface area contributed by atoms with Gasteiger partial charge in [0.2, 0.25) is 0 Å². The predicted molar refractivity (Wildman–Crippen MR) is 71.0 cm³/mol. The Morgan fingerprint density at radius 3 is 2.58 bits per heavy atom. The fourth-order valence-electron chi connectivity index (χ4n) is 2.10. The van der Waals surface area contributed by atoms with E-state index in [2.05, 4.69) is 6.58 Å². The molecule has 1 heterocycles. The molecular formula is C13H22N2O4. The van der Waals surface area contributed by atoms with Crippen LogP contribution in [0.1, 0.15) is 19.8 Å². The summed E-state index contributed by atoms with van der Waals surface area (Å²) in [6.45, 7) is 7.72. The van der Waals surface area contributed by atoms with E-state index in [4.69, 9.17) is 9.84 Å². The van der Waals surface area contributed by atoms with E-state index in [0.29, 0.717) is 39.0 Å². The second kappa shape index (κ2) is 7.78. The molecule has 0 radical (unpaired) electrons. The molecule has 1 aliphatic rings. The summed E-state index contributed by atoms with van der Waals surface area (Å²) in [7, 11) is 0. The smallest absolute Gasteiger partial charge is 0.329 e. The number of hydrogen-bond acceptors (Lipinski definition) is 3. The molecule has 0 aromatic rings. The zero-order valence-electron chi connectivity index (χ0n) is 11.4. The number of rotatable bonds is 6. The summed E-state index contributed by atoms with van der Waals surface area (Å²) in [5.41, 5.74) is 0. The minimum Gasteiger partial charge on any atom is -0.480 e. The van der Waals surface area contributed by atoms with Gasteiger partial charge in [-0.15, -0.1) is 6.58 Å². The van der Waals surface area contributed by atoms with Crippen LogP contribution >= 0.6 is 0 Å². The summed E-state index contributed by atoms with van der Waals surface area (Å²) in [6.07, 6.45) is 3.02. The molecule has 1 rings (SSSR count). The van der Waals surface area contributed by atoms with Gasteiger partial charge in [-0.2, -0.15) is 0 Å². The average Bonchev–Trinajstić information content (AvgIpc) is 2.42. The maximum atomic E-state index is 12.2. The van der Waals surface area contributed by atoms with E-state index in [0.717, 1.165) is 0 Å². The lowest BCUT2D eigenvalue weighted by Gasteiger charge is -2.35. The Bertz CT molecular complexity index is 325. The molecule has 6 heteroatoms. The molecule has 0 spiro atoms. The highest BCUT2D eigenvalue weighted by atomic mass is 16.5. The van der Waals surface area contributed by atoms with Crippen molar-refractivity contribution in [3.63, 3.8) is 0 Å². The SMILES string of the molecule is C=CCN(CC)C(=O)N1CCC(OCC(=O)O)CC1. The number of carbonyl (C=O) groups is 2. The van der Waals surface area contributed by atoms with Gasteiger partial charge in [0, 0.05) is 26.2 Å². The molecule has 0 saturated carbocycles. The quantitative estimate of drug-likeness (QED) is 0.736. The molecule has 1 N–H and O–H groups in total. The highest BCUT2D eigenvalue weighted by molar-refractivity contribution is 5.74. The van der Waals surface area contributed by atoms with Gasteiger partial charge in [0.1, 0.15) is 6.61 Å². The van der Waals surface area contributed by atoms with Crippen molar-refractivity contribution < 1.29 is 19.4 Å². The molecule has 1 aliphatic heterocycles. The van der Waals surface area contributed by atoms with Crippen LogP contribution in [-0.4, -0.2) is 65.8 Å². The lowest BCUT2D eigenvalue weighted by Crippen LogP contribution is -2.48. The molecule has 1 fully saturated rings. The average molecular weight is 270 g/mol. The summed E-state index contributed by atoms with van der Waals surface area (Å²) in [6, 6.07) is 0.0130.